The molecule has 0 bridgehead atoms. The highest BCUT2D eigenvalue weighted by Crippen LogP contribution is 2.42. The first-order valence-electron chi connectivity index (χ1n) is 5.13. The normalized spacial score (nSPS) is 12.6. The minimum Gasteiger partial charge on any atom is -0.481 e. The second-order valence-corrected chi connectivity index (χ2v) is 5.47. The van der Waals surface area contributed by atoms with Crippen LogP contribution in [0.4, 0.5) is 13.2 Å². The van der Waals surface area contributed by atoms with Crippen LogP contribution in [0, 0.1) is 0 Å². The molecule has 0 fully saturated rings. The summed E-state index contributed by atoms with van der Waals surface area (Å²) in [7, 11) is 0. The first kappa shape index (κ1) is 15.0. The number of alkyl halides is 3. The third-order valence-corrected chi connectivity index (χ3v) is 3.25. The van der Waals surface area contributed by atoms with Gasteiger partial charge in [0.15, 0.2) is 0 Å². The number of hydrogen-bond acceptors (Lipinski definition) is 1. The summed E-state index contributed by atoms with van der Waals surface area (Å²) >= 11 is 3.07. The van der Waals surface area contributed by atoms with Gasteiger partial charge in [0.2, 0.25) is 0 Å². The van der Waals surface area contributed by atoms with Gasteiger partial charge in [0.25, 0.3) is 0 Å². The Morgan fingerprint density at radius 3 is 2.33 bits per heavy atom. The molecule has 1 aromatic rings. The van der Waals surface area contributed by atoms with E-state index in [2.05, 4.69) is 15.9 Å². The predicted molar refractivity (Wildman–Crippen MR) is 64.4 cm³/mol. The smallest absolute Gasteiger partial charge is 0.416 e. The van der Waals surface area contributed by atoms with Gasteiger partial charge in [-0.2, -0.15) is 13.2 Å². The van der Waals surface area contributed by atoms with Gasteiger partial charge < -0.3 is 5.11 Å². The van der Waals surface area contributed by atoms with Gasteiger partial charge in [0, 0.05) is 9.89 Å². The number of benzene rings is 1. The molecule has 0 unspecified atom stereocenters. The van der Waals surface area contributed by atoms with Crippen LogP contribution in [0.2, 0.25) is 0 Å². The maximum absolute atomic E-state index is 12.9. The minimum absolute atomic E-state index is 0.0279. The lowest BCUT2D eigenvalue weighted by Crippen LogP contribution is -2.26. The highest BCUT2D eigenvalue weighted by molar-refractivity contribution is 9.10. The molecule has 0 aliphatic carbocycles. The SMILES string of the molecule is CC(C)(CC(=O)O)c1c(Br)cccc1C(F)(F)F. The fraction of sp³-hybridized carbons (Fsp3) is 0.417. The van der Waals surface area contributed by atoms with Crippen LogP contribution in [-0.2, 0) is 16.4 Å². The molecular formula is C12H12BrF3O2. The molecule has 0 saturated heterocycles. The van der Waals surface area contributed by atoms with Crippen molar-refractivity contribution in [3.05, 3.63) is 33.8 Å². The van der Waals surface area contributed by atoms with Crippen molar-refractivity contribution in [1.82, 2.24) is 0 Å². The van der Waals surface area contributed by atoms with Crippen LogP contribution in [0.25, 0.3) is 0 Å². The predicted octanol–water partition coefficient (Wildman–Crippen LogP) is 4.22. The summed E-state index contributed by atoms with van der Waals surface area (Å²) in [6.45, 7) is 2.97. The fourth-order valence-corrected chi connectivity index (χ4v) is 2.82. The molecule has 1 rings (SSSR count). The molecule has 0 radical (unpaired) electrons. The second kappa shape index (κ2) is 4.91. The summed E-state index contributed by atoms with van der Waals surface area (Å²) in [6.07, 6.45) is -4.88. The Balaban J connectivity index is 3.43. The molecule has 0 aliphatic heterocycles. The Morgan fingerprint density at radius 1 is 1.33 bits per heavy atom. The Hall–Kier alpha value is -1.04. The van der Waals surface area contributed by atoms with E-state index in [0.717, 1.165) is 6.07 Å². The van der Waals surface area contributed by atoms with Crippen LogP contribution in [0.1, 0.15) is 31.4 Å². The monoisotopic (exact) mass is 324 g/mol. The van der Waals surface area contributed by atoms with Crippen LogP contribution in [0.3, 0.4) is 0 Å². The molecule has 0 saturated carbocycles. The van der Waals surface area contributed by atoms with Gasteiger partial charge in [-0.05, 0) is 17.7 Å². The summed E-state index contributed by atoms with van der Waals surface area (Å²) in [6, 6.07) is 3.73. The average Bonchev–Trinajstić information content (AvgIpc) is 2.13. The number of hydrogen-bond donors (Lipinski definition) is 1. The number of carboxylic acid groups (broad SMARTS) is 1. The highest BCUT2D eigenvalue weighted by atomic mass is 79.9. The molecule has 0 atom stereocenters. The first-order chi connectivity index (χ1) is 8.05. The largest absolute Gasteiger partial charge is 0.481 e. The molecule has 1 N–H and O–H groups in total. The molecule has 18 heavy (non-hydrogen) atoms. The summed E-state index contributed by atoms with van der Waals surface area (Å²) in [5.41, 5.74) is -1.94. The molecule has 2 nitrogen and oxygen atoms in total. The zero-order chi connectivity index (χ0) is 14.1. The summed E-state index contributed by atoms with van der Waals surface area (Å²) in [5, 5.41) is 8.80. The number of carbonyl (C=O) groups is 1. The van der Waals surface area contributed by atoms with Crippen LogP contribution in [-0.4, -0.2) is 11.1 Å². The standard InChI is InChI=1S/C12H12BrF3O2/c1-11(2,6-9(17)18)10-7(12(14,15)16)4-3-5-8(10)13/h3-5H,6H2,1-2H3,(H,17,18). The summed E-state index contributed by atoms with van der Waals surface area (Å²) < 4.78 is 39.1. The molecule has 0 spiro atoms. The zero-order valence-electron chi connectivity index (χ0n) is 9.81. The van der Waals surface area contributed by atoms with Crippen LogP contribution in [0.15, 0.2) is 22.7 Å². The van der Waals surface area contributed by atoms with Gasteiger partial charge in [-0.1, -0.05) is 35.8 Å². The van der Waals surface area contributed by atoms with Gasteiger partial charge >= 0.3 is 12.1 Å². The van der Waals surface area contributed by atoms with Crippen LogP contribution < -0.4 is 0 Å². The Bertz CT molecular complexity index is 467. The Kier molecular flexibility index (Phi) is 4.10. The molecule has 0 aliphatic rings. The molecule has 0 heterocycles. The maximum atomic E-state index is 12.9. The van der Waals surface area contributed by atoms with Crippen molar-refractivity contribution in [2.75, 3.05) is 0 Å². The Morgan fingerprint density at radius 2 is 1.89 bits per heavy atom. The van der Waals surface area contributed by atoms with Gasteiger partial charge in [0.05, 0.1) is 12.0 Å². The van der Waals surface area contributed by atoms with E-state index in [1.807, 2.05) is 0 Å². The summed E-state index contributed by atoms with van der Waals surface area (Å²) in [5.74, 6) is -1.14. The number of carboxylic acids is 1. The van der Waals surface area contributed by atoms with Crippen molar-refractivity contribution in [3.63, 3.8) is 0 Å². The van der Waals surface area contributed by atoms with E-state index >= 15 is 0 Å². The lowest BCUT2D eigenvalue weighted by Gasteiger charge is -2.28. The molecule has 0 aromatic heterocycles. The zero-order valence-corrected chi connectivity index (χ0v) is 11.4. The van der Waals surface area contributed by atoms with E-state index < -0.39 is 23.1 Å². The molecule has 1 aromatic carbocycles. The summed E-state index contributed by atoms with van der Waals surface area (Å²) in [4.78, 5) is 10.8. The average molecular weight is 325 g/mol. The lowest BCUT2D eigenvalue weighted by molar-refractivity contribution is -0.141. The first-order valence-corrected chi connectivity index (χ1v) is 5.93. The molecular weight excluding hydrogens is 313 g/mol. The van der Waals surface area contributed by atoms with E-state index in [1.54, 1.807) is 0 Å². The van der Waals surface area contributed by atoms with E-state index in [0.29, 0.717) is 0 Å². The molecule has 100 valence electrons. The van der Waals surface area contributed by atoms with Gasteiger partial charge in [0.1, 0.15) is 0 Å². The highest BCUT2D eigenvalue weighted by Gasteiger charge is 2.39. The number of rotatable bonds is 3. The van der Waals surface area contributed by atoms with E-state index in [-0.39, 0.29) is 16.5 Å². The lowest BCUT2D eigenvalue weighted by atomic mass is 9.79. The van der Waals surface area contributed by atoms with Crippen LogP contribution in [0.5, 0.6) is 0 Å². The second-order valence-electron chi connectivity index (χ2n) is 4.61. The minimum atomic E-state index is -4.51. The quantitative estimate of drug-likeness (QED) is 0.903. The number of aliphatic carboxylic acids is 1. The van der Waals surface area contributed by atoms with Crippen molar-refractivity contribution in [2.24, 2.45) is 0 Å². The van der Waals surface area contributed by atoms with Crippen LogP contribution >= 0.6 is 15.9 Å². The van der Waals surface area contributed by atoms with E-state index in [1.165, 1.54) is 26.0 Å². The van der Waals surface area contributed by atoms with Crippen molar-refractivity contribution >= 4 is 21.9 Å². The third-order valence-electron chi connectivity index (χ3n) is 2.59. The van der Waals surface area contributed by atoms with Gasteiger partial charge in [-0.3, -0.25) is 4.79 Å². The molecule has 0 amide bonds. The topological polar surface area (TPSA) is 37.3 Å². The van der Waals surface area contributed by atoms with Crippen molar-refractivity contribution < 1.29 is 23.1 Å². The maximum Gasteiger partial charge on any atom is 0.416 e. The van der Waals surface area contributed by atoms with Gasteiger partial charge in [-0.15, -0.1) is 0 Å². The third kappa shape index (κ3) is 3.25. The van der Waals surface area contributed by atoms with Crippen molar-refractivity contribution in [3.8, 4) is 0 Å². The number of halogens is 4. The Labute approximate surface area is 111 Å². The molecule has 6 heteroatoms. The van der Waals surface area contributed by atoms with E-state index in [4.69, 9.17) is 5.11 Å². The fourth-order valence-electron chi connectivity index (χ4n) is 1.91. The van der Waals surface area contributed by atoms with E-state index in [9.17, 15) is 18.0 Å². The van der Waals surface area contributed by atoms with Crippen molar-refractivity contribution in [2.45, 2.75) is 31.9 Å². The van der Waals surface area contributed by atoms with Crippen molar-refractivity contribution in [1.29, 1.82) is 0 Å². The van der Waals surface area contributed by atoms with Gasteiger partial charge in [-0.25, -0.2) is 0 Å².